The van der Waals surface area contributed by atoms with Crippen LogP contribution in [0.4, 0.5) is 14.9 Å². The molecule has 2 amide bonds. The minimum absolute atomic E-state index is 0.0302. The van der Waals surface area contributed by atoms with E-state index in [1.165, 1.54) is 17.8 Å². The van der Waals surface area contributed by atoms with Gasteiger partial charge in [-0.1, -0.05) is 12.1 Å². The van der Waals surface area contributed by atoms with E-state index in [1.54, 1.807) is 18.3 Å². The van der Waals surface area contributed by atoms with Gasteiger partial charge in [-0.15, -0.1) is 11.8 Å². The number of rotatable bonds is 7. The van der Waals surface area contributed by atoms with Crippen LogP contribution in [-0.4, -0.2) is 35.4 Å². The van der Waals surface area contributed by atoms with E-state index in [2.05, 4.69) is 20.9 Å². The average Bonchev–Trinajstić information content (AvgIpc) is 3.20. The molecule has 2 aromatic carbocycles. The van der Waals surface area contributed by atoms with Gasteiger partial charge in [-0.2, -0.15) is 0 Å². The van der Waals surface area contributed by atoms with Crippen molar-refractivity contribution in [2.24, 2.45) is 0 Å². The summed E-state index contributed by atoms with van der Waals surface area (Å²) in [6.45, 7) is 1.04. The van der Waals surface area contributed by atoms with E-state index < -0.39 is 6.09 Å². The van der Waals surface area contributed by atoms with Crippen molar-refractivity contribution in [3.63, 3.8) is 0 Å². The van der Waals surface area contributed by atoms with Crippen LogP contribution in [0.15, 0.2) is 53.6 Å². The molecular weight excluding hydrogens is 443 g/mol. The van der Waals surface area contributed by atoms with Crippen LogP contribution < -0.4 is 16.0 Å². The van der Waals surface area contributed by atoms with Crippen molar-refractivity contribution in [2.45, 2.75) is 36.4 Å². The lowest BCUT2D eigenvalue weighted by atomic mass is 9.98. The molecular formula is C24H23FN4O3S. The van der Waals surface area contributed by atoms with Crippen LogP contribution in [0.5, 0.6) is 0 Å². The predicted molar refractivity (Wildman–Crippen MR) is 125 cm³/mol. The lowest BCUT2D eigenvalue weighted by Crippen LogP contribution is -2.25. The van der Waals surface area contributed by atoms with Gasteiger partial charge < -0.3 is 20.7 Å². The van der Waals surface area contributed by atoms with Gasteiger partial charge in [-0.25, -0.2) is 9.18 Å². The summed E-state index contributed by atoms with van der Waals surface area (Å²) in [4.78, 5) is 29.0. The van der Waals surface area contributed by atoms with Crippen molar-refractivity contribution < 1.29 is 18.7 Å². The molecule has 2 atom stereocenters. The van der Waals surface area contributed by atoms with Gasteiger partial charge in [0, 0.05) is 28.6 Å². The molecule has 2 aliphatic rings. The normalized spacial score (nSPS) is 19.7. The summed E-state index contributed by atoms with van der Waals surface area (Å²) in [7, 11) is 0. The molecule has 9 heteroatoms. The van der Waals surface area contributed by atoms with E-state index in [-0.39, 0.29) is 23.9 Å². The van der Waals surface area contributed by atoms with Crippen LogP contribution in [0.25, 0.3) is 10.9 Å². The summed E-state index contributed by atoms with van der Waals surface area (Å²) >= 11 is 1.50. The number of pyridine rings is 1. The zero-order valence-electron chi connectivity index (χ0n) is 17.8. The molecule has 3 heterocycles. The van der Waals surface area contributed by atoms with Crippen molar-refractivity contribution >= 4 is 40.4 Å². The number of carbonyl (C=O) groups is 2. The molecule has 3 N–H and O–H groups in total. The molecule has 170 valence electrons. The first kappa shape index (κ1) is 21.7. The van der Waals surface area contributed by atoms with Gasteiger partial charge >= 0.3 is 6.09 Å². The number of aromatic nitrogens is 1. The van der Waals surface area contributed by atoms with Crippen molar-refractivity contribution in [1.82, 2.24) is 15.6 Å². The van der Waals surface area contributed by atoms with Gasteiger partial charge in [0.25, 0.3) is 0 Å². The maximum Gasteiger partial charge on any atom is 0.408 e. The van der Waals surface area contributed by atoms with E-state index in [0.29, 0.717) is 30.8 Å². The number of carbonyl (C=O) groups excluding carboxylic acids is 2. The SMILES string of the molecule is O=C1CSc2ccc(C3NC(=O)OC3CCCNCc3c(F)ccc4ncccc34)cc2N1. The number of benzene rings is 2. The third-order valence-electron chi connectivity index (χ3n) is 5.88. The Morgan fingerprint density at radius 3 is 3.03 bits per heavy atom. The molecule has 0 saturated carbocycles. The topological polar surface area (TPSA) is 92.4 Å². The molecule has 7 nitrogen and oxygen atoms in total. The van der Waals surface area contributed by atoms with E-state index in [4.69, 9.17) is 4.74 Å². The minimum Gasteiger partial charge on any atom is -0.444 e. The van der Waals surface area contributed by atoms with Crippen LogP contribution in [0, 0.1) is 5.82 Å². The fourth-order valence-corrected chi connectivity index (χ4v) is 5.07. The largest absolute Gasteiger partial charge is 0.444 e. The number of hydrogen-bond acceptors (Lipinski definition) is 6. The lowest BCUT2D eigenvalue weighted by Gasteiger charge is -2.21. The molecule has 1 saturated heterocycles. The highest BCUT2D eigenvalue weighted by Crippen LogP contribution is 2.36. The van der Waals surface area contributed by atoms with Crippen molar-refractivity contribution in [3.8, 4) is 0 Å². The molecule has 0 spiro atoms. The van der Waals surface area contributed by atoms with Gasteiger partial charge in [0.1, 0.15) is 11.9 Å². The monoisotopic (exact) mass is 466 g/mol. The highest BCUT2D eigenvalue weighted by molar-refractivity contribution is 8.00. The molecule has 0 bridgehead atoms. The zero-order valence-corrected chi connectivity index (χ0v) is 18.6. The van der Waals surface area contributed by atoms with Crippen LogP contribution in [0.3, 0.4) is 0 Å². The molecule has 1 aromatic heterocycles. The van der Waals surface area contributed by atoms with Crippen LogP contribution in [0.2, 0.25) is 0 Å². The molecule has 2 aliphatic heterocycles. The molecule has 33 heavy (non-hydrogen) atoms. The number of nitrogens with zero attached hydrogens (tertiary/aromatic N) is 1. The average molecular weight is 467 g/mol. The molecule has 2 unspecified atom stereocenters. The second-order valence-corrected chi connectivity index (χ2v) is 9.09. The maximum atomic E-state index is 14.3. The number of hydrogen-bond donors (Lipinski definition) is 3. The van der Waals surface area contributed by atoms with Crippen LogP contribution in [-0.2, 0) is 16.1 Å². The van der Waals surface area contributed by atoms with Crippen molar-refractivity contribution in [3.05, 3.63) is 65.6 Å². The number of anilines is 1. The fourth-order valence-electron chi connectivity index (χ4n) is 4.29. The number of thioether (sulfide) groups is 1. The van der Waals surface area contributed by atoms with E-state index in [1.807, 2.05) is 24.3 Å². The van der Waals surface area contributed by atoms with Gasteiger partial charge in [-0.05, 0) is 55.3 Å². The summed E-state index contributed by atoms with van der Waals surface area (Å²) in [5, 5.41) is 9.85. The highest BCUT2D eigenvalue weighted by Gasteiger charge is 2.35. The van der Waals surface area contributed by atoms with Gasteiger partial charge in [0.2, 0.25) is 5.91 Å². The number of alkyl carbamates (subject to hydrolysis) is 1. The Morgan fingerprint density at radius 1 is 1.21 bits per heavy atom. The van der Waals surface area contributed by atoms with Gasteiger partial charge in [0.05, 0.1) is 23.0 Å². The highest BCUT2D eigenvalue weighted by atomic mass is 32.2. The standard InChI is InChI=1S/C24H23FN4O3S/c25-17-6-7-18-15(3-1-10-27-18)16(17)12-26-9-2-4-20-23(29-24(31)32-20)14-5-8-21-19(11-14)28-22(30)13-33-21/h1,3,5-8,10-11,20,23,26H,2,4,9,12-13H2,(H,28,30)(H,29,31). The predicted octanol–water partition coefficient (Wildman–Crippen LogP) is 4.14. The second-order valence-electron chi connectivity index (χ2n) is 8.07. The molecule has 5 rings (SSSR count). The molecule has 0 aliphatic carbocycles. The number of nitrogens with one attached hydrogen (secondary N) is 3. The molecule has 3 aromatic rings. The second kappa shape index (κ2) is 9.36. The van der Waals surface area contributed by atoms with Gasteiger partial charge in [-0.3, -0.25) is 9.78 Å². The Morgan fingerprint density at radius 2 is 2.12 bits per heavy atom. The third kappa shape index (κ3) is 4.65. The van der Waals surface area contributed by atoms with E-state index >= 15 is 0 Å². The Kier molecular flexibility index (Phi) is 6.15. The first-order valence-electron chi connectivity index (χ1n) is 10.8. The Labute approximate surface area is 194 Å². The number of cyclic esters (lactones) is 1. The lowest BCUT2D eigenvalue weighted by molar-refractivity contribution is -0.113. The fraction of sp³-hybridized carbons (Fsp3) is 0.292. The van der Waals surface area contributed by atoms with Crippen LogP contribution >= 0.6 is 11.8 Å². The first-order chi connectivity index (χ1) is 16.1. The van der Waals surface area contributed by atoms with E-state index in [9.17, 15) is 14.0 Å². The Hall–Kier alpha value is -3.17. The molecule has 1 fully saturated rings. The van der Waals surface area contributed by atoms with Gasteiger partial charge in [0.15, 0.2) is 0 Å². The minimum atomic E-state index is -0.445. The Balaban J connectivity index is 1.19. The van der Waals surface area contributed by atoms with Crippen molar-refractivity contribution in [2.75, 3.05) is 17.6 Å². The summed E-state index contributed by atoms with van der Waals surface area (Å²) in [6, 6.07) is 12.3. The summed E-state index contributed by atoms with van der Waals surface area (Å²) < 4.78 is 19.8. The number of ether oxygens (including phenoxy) is 1. The first-order valence-corrected chi connectivity index (χ1v) is 11.8. The summed E-state index contributed by atoms with van der Waals surface area (Å²) in [5.41, 5.74) is 3.02. The van der Waals surface area contributed by atoms with Crippen LogP contribution in [0.1, 0.15) is 30.0 Å². The summed E-state index contributed by atoms with van der Waals surface area (Å²) in [6.07, 6.45) is 2.33. The number of amides is 2. The zero-order chi connectivity index (χ0) is 22.8. The summed E-state index contributed by atoms with van der Waals surface area (Å²) in [5.74, 6) is 0.122. The molecule has 0 radical (unpaired) electrons. The Bertz CT molecular complexity index is 1220. The number of fused-ring (bicyclic) bond motifs is 2. The third-order valence-corrected chi connectivity index (χ3v) is 6.96. The number of halogens is 1. The van der Waals surface area contributed by atoms with Crippen molar-refractivity contribution in [1.29, 1.82) is 0 Å². The van der Waals surface area contributed by atoms with E-state index in [0.717, 1.165) is 33.5 Å². The quantitative estimate of drug-likeness (QED) is 0.454. The maximum absolute atomic E-state index is 14.3. The smallest absolute Gasteiger partial charge is 0.408 e.